The third-order valence-corrected chi connectivity index (χ3v) is 3.84. The van der Waals surface area contributed by atoms with Gasteiger partial charge < -0.3 is 11.5 Å². The van der Waals surface area contributed by atoms with Crippen molar-refractivity contribution in [3.05, 3.63) is 22.8 Å². The van der Waals surface area contributed by atoms with Crippen LogP contribution in [0.1, 0.15) is 31.4 Å². The first-order chi connectivity index (χ1) is 9.06. The number of hydrogen-bond acceptors (Lipinski definition) is 4. The van der Waals surface area contributed by atoms with E-state index >= 15 is 0 Å². The zero-order valence-electron chi connectivity index (χ0n) is 10.8. The van der Waals surface area contributed by atoms with E-state index in [2.05, 4.69) is 9.88 Å². The summed E-state index contributed by atoms with van der Waals surface area (Å²) in [5.74, 6) is 0.108. The molecule has 19 heavy (non-hydrogen) atoms. The Morgan fingerprint density at radius 3 is 2.74 bits per heavy atom. The molecule has 1 aliphatic rings. The highest BCUT2D eigenvalue weighted by Crippen LogP contribution is 2.26. The van der Waals surface area contributed by atoms with Crippen molar-refractivity contribution >= 4 is 23.3 Å². The van der Waals surface area contributed by atoms with Gasteiger partial charge in [0.15, 0.2) is 0 Å². The van der Waals surface area contributed by atoms with Crippen molar-refractivity contribution in [2.45, 2.75) is 38.3 Å². The Morgan fingerprint density at radius 2 is 2.11 bits per heavy atom. The summed E-state index contributed by atoms with van der Waals surface area (Å²) in [5, 5.41) is 0.571. The van der Waals surface area contributed by atoms with Gasteiger partial charge in [-0.05, 0) is 25.0 Å². The molecule has 1 aliphatic carbocycles. The van der Waals surface area contributed by atoms with Gasteiger partial charge in [0.05, 0.1) is 17.3 Å². The van der Waals surface area contributed by atoms with Gasteiger partial charge in [-0.3, -0.25) is 9.69 Å². The number of halogens is 1. The molecule has 0 aliphatic heterocycles. The lowest BCUT2D eigenvalue weighted by Gasteiger charge is -2.27. The number of nitrogen functional groups attached to an aromatic ring is 1. The summed E-state index contributed by atoms with van der Waals surface area (Å²) in [6.07, 6.45) is 4.57. The Balaban J connectivity index is 2.14. The molecule has 4 N–H and O–H groups in total. The Bertz CT molecular complexity index is 460. The minimum atomic E-state index is -0.327. The molecular formula is C13H19ClN4O. The lowest BCUT2D eigenvalue weighted by molar-refractivity contribution is -0.119. The summed E-state index contributed by atoms with van der Waals surface area (Å²) in [7, 11) is 0. The molecule has 0 spiro atoms. The summed E-state index contributed by atoms with van der Waals surface area (Å²) >= 11 is 6.12. The molecule has 1 heterocycles. The van der Waals surface area contributed by atoms with Crippen LogP contribution < -0.4 is 11.5 Å². The van der Waals surface area contributed by atoms with Gasteiger partial charge in [0.1, 0.15) is 5.82 Å². The van der Waals surface area contributed by atoms with Crippen LogP contribution in [0.2, 0.25) is 5.02 Å². The molecule has 1 saturated carbocycles. The molecule has 0 radical (unpaired) electrons. The van der Waals surface area contributed by atoms with Crippen molar-refractivity contribution in [1.29, 1.82) is 0 Å². The first-order valence-electron chi connectivity index (χ1n) is 6.49. The molecule has 0 bridgehead atoms. The first kappa shape index (κ1) is 14.1. The molecular weight excluding hydrogens is 264 g/mol. The van der Waals surface area contributed by atoms with E-state index in [1.807, 2.05) is 0 Å². The molecule has 5 nitrogen and oxygen atoms in total. The topological polar surface area (TPSA) is 85.2 Å². The molecule has 104 valence electrons. The zero-order chi connectivity index (χ0) is 13.8. The largest absolute Gasteiger partial charge is 0.384 e. The van der Waals surface area contributed by atoms with E-state index in [9.17, 15) is 4.79 Å². The molecule has 1 amide bonds. The molecule has 2 rings (SSSR count). The third kappa shape index (κ3) is 3.81. The maximum absolute atomic E-state index is 11.2. The third-order valence-electron chi connectivity index (χ3n) is 3.49. The second kappa shape index (κ2) is 6.21. The Morgan fingerprint density at radius 1 is 1.42 bits per heavy atom. The Hall–Kier alpha value is -1.33. The maximum atomic E-state index is 11.2. The fraction of sp³-hybridized carbons (Fsp3) is 0.538. The van der Waals surface area contributed by atoms with E-state index in [4.69, 9.17) is 23.1 Å². The number of carbonyl (C=O) groups is 1. The van der Waals surface area contributed by atoms with Crippen molar-refractivity contribution < 1.29 is 4.79 Å². The zero-order valence-corrected chi connectivity index (χ0v) is 11.6. The van der Waals surface area contributed by atoms with Crippen LogP contribution in [0, 0.1) is 0 Å². The Kier molecular flexibility index (Phi) is 4.61. The van der Waals surface area contributed by atoms with Gasteiger partial charge in [-0.2, -0.15) is 0 Å². The van der Waals surface area contributed by atoms with Gasteiger partial charge in [0.2, 0.25) is 5.91 Å². The molecule has 0 saturated heterocycles. The highest BCUT2D eigenvalue weighted by Gasteiger charge is 2.24. The van der Waals surface area contributed by atoms with E-state index in [0.717, 1.165) is 12.8 Å². The van der Waals surface area contributed by atoms with Gasteiger partial charge >= 0.3 is 0 Å². The summed E-state index contributed by atoms with van der Waals surface area (Å²) in [5.41, 5.74) is 11.7. The molecule has 1 aromatic heterocycles. The second-order valence-corrected chi connectivity index (χ2v) is 5.38. The van der Waals surface area contributed by atoms with Gasteiger partial charge in [-0.25, -0.2) is 4.98 Å². The standard InChI is InChI=1S/C13H19ClN4O/c14-10-5-6-12(15)17-11(10)7-18(8-13(16)19)9-3-1-2-4-9/h5-6,9H,1-4,7-8H2,(H2,15,17)(H2,16,19). The molecule has 6 heteroatoms. The number of nitrogens with zero attached hydrogens (tertiary/aromatic N) is 2. The number of carbonyl (C=O) groups excluding carboxylic acids is 1. The Labute approximate surface area is 117 Å². The van der Waals surface area contributed by atoms with E-state index in [0.29, 0.717) is 29.1 Å². The maximum Gasteiger partial charge on any atom is 0.231 e. The van der Waals surface area contributed by atoms with E-state index in [1.54, 1.807) is 12.1 Å². The van der Waals surface area contributed by atoms with E-state index in [-0.39, 0.29) is 12.5 Å². The molecule has 1 fully saturated rings. The minimum absolute atomic E-state index is 0.234. The number of aromatic nitrogens is 1. The minimum Gasteiger partial charge on any atom is -0.384 e. The first-order valence-corrected chi connectivity index (χ1v) is 6.87. The predicted octanol–water partition coefficient (Wildman–Crippen LogP) is 1.55. The number of hydrogen-bond donors (Lipinski definition) is 2. The van der Waals surface area contributed by atoms with Gasteiger partial charge in [-0.15, -0.1) is 0 Å². The van der Waals surface area contributed by atoms with Crippen LogP contribution >= 0.6 is 11.6 Å². The average molecular weight is 283 g/mol. The lowest BCUT2D eigenvalue weighted by Crippen LogP contribution is -2.39. The summed E-state index contributed by atoms with van der Waals surface area (Å²) < 4.78 is 0. The molecule has 0 unspecified atom stereocenters. The second-order valence-electron chi connectivity index (χ2n) is 4.97. The highest BCUT2D eigenvalue weighted by atomic mass is 35.5. The number of primary amides is 1. The van der Waals surface area contributed by atoms with Crippen molar-refractivity contribution in [3.63, 3.8) is 0 Å². The number of pyridine rings is 1. The fourth-order valence-corrected chi connectivity index (χ4v) is 2.75. The number of amides is 1. The smallest absolute Gasteiger partial charge is 0.231 e. The monoisotopic (exact) mass is 282 g/mol. The average Bonchev–Trinajstić information content (AvgIpc) is 2.86. The van der Waals surface area contributed by atoms with Crippen LogP contribution in [0.25, 0.3) is 0 Å². The van der Waals surface area contributed by atoms with Gasteiger partial charge in [0, 0.05) is 12.6 Å². The predicted molar refractivity (Wildman–Crippen MR) is 75.5 cm³/mol. The van der Waals surface area contributed by atoms with Crippen LogP contribution in [-0.4, -0.2) is 28.4 Å². The summed E-state index contributed by atoms with van der Waals surface area (Å²) in [6.45, 7) is 0.745. The van der Waals surface area contributed by atoms with Crippen LogP contribution in [0.4, 0.5) is 5.82 Å². The highest BCUT2D eigenvalue weighted by molar-refractivity contribution is 6.31. The molecule has 1 aromatic rings. The van der Waals surface area contributed by atoms with E-state index < -0.39 is 0 Å². The fourth-order valence-electron chi connectivity index (χ4n) is 2.59. The van der Waals surface area contributed by atoms with Crippen LogP contribution in [-0.2, 0) is 11.3 Å². The number of anilines is 1. The van der Waals surface area contributed by atoms with Gasteiger partial charge in [-0.1, -0.05) is 24.4 Å². The van der Waals surface area contributed by atoms with Crippen LogP contribution in [0.5, 0.6) is 0 Å². The lowest BCUT2D eigenvalue weighted by atomic mass is 10.2. The van der Waals surface area contributed by atoms with Crippen LogP contribution in [0.15, 0.2) is 12.1 Å². The van der Waals surface area contributed by atoms with Crippen molar-refractivity contribution in [1.82, 2.24) is 9.88 Å². The number of rotatable bonds is 5. The van der Waals surface area contributed by atoms with E-state index in [1.165, 1.54) is 12.8 Å². The molecule has 0 atom stereocenters. The van der Waals surface area contributed by atoms with Crippen molar-refractivity contribution in [2.24, 2.45) is 5.73 Å². The number of nitrogens with two attached hydrogens (primary N) is 2. The summed E-state index contributed by atoms with van der Waals surface area (Å²) in [4.78, 5) is 17.5. The van der Waals surface area contributed by atoms with Crippen LogP contribution in [0.3, 0.4) is 0 Å². The quantitative estimate of drug-likeness (QED) is 0.858. The van der Waals surface area contributed by atoms with Gasteiger partial charge in [0.25, 0.3) is 0 Å². The normalized spacial score (nSPS) is 16.1. The van der Waals surface area contributed by atoms with Crippen molar-refractivity contribution in [2.75, 3.05) is 12.3 Å². The molecule has 0 aromatic carbocycles. The summed E-state index contributed by atoms with van der Waals surface area (Å²) in [6, 6.07) is 3.78. The SMILES string of the molecule is NC(=O)CN(Cc1nc(N)ccc1Cl)C1CCCC1. The van der Waals surface area contributed by atoms with Crippen molar-refractivity contribution in [3.8, 4) is 0 Å².